The van der Waals surface area contributed by atoms with Crippen molar-refractivity contribution in [2.75, 3.05) is 5.32 Å². The molecule has 0 radical (unpaired) electrons. The lowest BCUT2D eigenvalue weighted by molar-refractivity contribution is -0.191. The van der Waals surface area contributed by atoms with Crippen LogP contribution < -0.4 is 5.32 Å². The van der Waals surface area contributed by atoms with Gasteiger partial charge in [-0.3, -0.25) is 9.78 Å². The number of carbonyl (C=O) groups excluding carboxylic acids is 3. The number of anilines is 1. The highest BCUT2D eigenvalue weighted by Gasteiger charge is 2.17. The van der Waals surface area contributed by atoms with Crippen molar-refractivity contribution in [1.82, 2.24) is 9.97 Å². The molecule has 1 heterocycles. The SMILES string of the molecule is CCc1ccc(-c2cnc(NC(=O)c3c(F)cccc3F)cn2)c(C)c1.O=C=O. The third kappa shape index (κ3) is 5.37. The number of amides is 1. The summed E-state index contributed by atoms with van der Waals surface area (Å²) in [5, 5.41) is 2.36. The van der Waals surface area contributed by atoms with Crippen LogP contribution in [-0.4, -0.2) is 22.0 Å². The fourth-order valence-electron chi connectivity index (χ4n) is 2.66. The molecule has 0 atom stereocenters. The molecule has 148 valence electrons. The van der Waals surface area contributed by atoms with Crippen molar-refractivity contribution >= 4 is 17.9 Å². The molecule has 0 saturated carbocycles. The second kappa shape index (κ2) is 9.96. The highest BCUT2D eigenvalue weighted by Crippen LogP contribution is 2.23. The quantitative estimate of drug-likeness (QED) is 0.720. The minimum Gasteiger partial charge on any atom is -0.305 e. The second-order valence-electron chi connectivity index (χ2n) is 5.92. The van der Waals surface area contributed by atoms with Crippen LogP contribution in [0.4, 0.5) is 14.6 Å². The molecule has 0 bridgehead atoms. The molecular weight excluding hydrogens is 380 g/mol. The van der Waals surface area contributed by atoms with Crippen LogP contribution in [-0.2, 0) is 16.0 Å². The first-order valence-electron chi connectivity index (χ1n) is 8.57. The highest BCUT2D eigenvalue weighted by atomic mass is 19.1. The average Bonchev–Trinajstić information content (AvgIpc) is 2.69. The van der Waals surface area contributed by atoms with E-state index in [1.165, 1.54) is 24.0 Å². The number of carbonyl (C=O) groups is 1. The van der Waals surface area contributed by atoms with Gasteiger partial charge in [0.05, 0.1) is 18.1 Å². The second-order valence-corrected chi connectivity index (χ2v) is 5.92. The number of nitrogens with zero attached hydrogens (tertiary/aromatic N) is 2. The number of benzene rings is 2. The largest absolute Gasteiger partial charge is 0.373 e. The summed E-state index contributed by atoms with van der Waals surface area (Å²) in [6.07, 6.45) is 4.07. The molecule has 29 heavy (non-hydrogen) atoms. The van der Waals surface area contributed by atoms with Gasteiger partial charge in [0.25, 0.3) is 5.91 Å². The van der Waals surface area contributed by atoms with Crippen LogP contribution in [0.15, 0.2) is 48.8 Å². The molecule has 1 aromatic heterocycles. The van der Waals surface area contributed by atoms with E-state index in [1.54, 1.807) is 0 Å². The van der Waals surface area contributed by atoms with Crippen molar-refractivity contribution < 1.29 is 23.2 Å². The molecule has 0 aliphatic rings. The Bertz CT molecular complexity index is 1030. The van der Waals surface area contributed by atoms with Gasteiger partial charge in [-0.2, -0.15) is 9.59 Å². The predicted octanol–water partition coefficient (Wildman–Crippen LogP) is 3.96. The van der Waals surface area contributed by atoms with Crippen molar-refractivity contribution in [3.05, 3.63) is 77.1 Å². The minimum atomic E-state index is -0.932. The van der Waals surface area contributed by atoms with Gasteiger partial charge in [-0.15, -0.1) is 0 Å². The number of aryl methyl sites for hydroxylation is 2. The minimum absolute atomic E-state index is 0.115. The van der Waals surface area contributed by atoms with Gasteiger partial charge in [0.2, 0.25) is 0 Å². The van der Waals surface area contributed by atoms with Gasteiger partial charge in [0.1, 0.15) is 17.2 Å². The summed E-state index contributed by atoms with van der Waals surface area (Å²) >= 11 is 0. The topological polar surface area (TPSA) is 89.0 Å². The monoisotopic (exact) mass is 397 g/mol. The van der Waals surface area contributed by atoms with Gasteiger partial charge in [-0.1, -0.05) is 31.2 Å². The van der Waals surface area contributed by atoms with Crippen molar-refractivity contribution in [2.45, 2.75) is 20.3 Å². The van der Waals surface area contributed by atoms with E-state index in [0.29, 0.717) is 5.69 Å². The molecule has 6 nitrogen and oxygen atoms in total. The van der Waals surface area contributed by atoms with Gasteiger partial charge in [-0.25, -0.2) is 13.8 Å². The van der Waals surface area contributed by atoms with E-state index in [0.717, 1.165) is 29.7 Å². The summed E-state index contributed by atoms with van der Waals surface area (Å²) in [5.74, 6) is -2.66. The standard InChI is InChI=1S/C20H17F2N3O.CO2/c1-3-13-7-8-14(12(2)9-13)17-10-24-18(11-23-17)25-20(26)19-15(21)5-4-6-16(19)22;2-1-3/h4-11H,3H2,1-2H3,(H,24,25,26);. The molecule has 1 N–H and O–H groups in total. The summed E-state index contributed by atoms with van der Waals surface area (Å²) in [6, 6.07) is 9.34. The van der Waals surface area contributed by atoms with Crippen LogP contribution >= 0.6 is 0 Å². The maximum absolute atomic E-state index is 13.7. The molecule has 3 aromatic rings. The fraction of sp³-hybridized carbons (Fsp3) is 0.143. The van der Waals surface area contributed by atoms with Crippen LogP contribution in [0.2, 0.25) is 0 Å². The van der Waals surface area contributed by atoms with E-state index in [9.17, 15) is 13.6 Å². The third-order valence-corrected chi connectivity index (χ3v) is 4.06. The third-order valence-electron chi connectivity index (χ3n) is 4.06. The first-order chi connectivity index (χ1) is 13.9. The Labute approximate surface area is 165 Å². The molecule has 1 amide bonds. The lowest BCUT2D eigenvalue weighted by atomic mass is 10.0. The number of halogens is 2. The van der Waals surface area contributed by atoms with Crippen molar-refractivity contribution in [3.8, 4) is 11.3 Å². The van der Waals surface area contributed by atoms with Crippen LogP contribution in [0.1, 0.15) is 28.4 Å². The molecule has 3 rings (SSSR count). The summed E-state index contributed by atoms with van der Waals surface area (Å²) in [5.41, 5.74) is 3.25. The van der Waals surface area contributed by atoms with Crippen LogP contribution in [0.25, 0.3) is 11.3 Å². The normalized spacial score (nSPS) is 9.79. The van der Waals surface area contributed by atoms with Crippen molar-refractivity contribution in [3.63, 3.8) is 0 Å². The zero-order valence-electron chi connectivity index (χ0n) is 15.7. The summed E-state index contributed by atoms with van der Waals surface area (Å²) in [4.78, 5) is 36.7. The molecule has 0 fully saturated rings. The highest BCUT2D eigenvalue weighted by molar-refractivity contribution is 6.04. The molecule has 0 spiro atoms. The maximum atomic E-state index is 13.7. The van der Waals surface area contributed by atoms with Crippen molar-refractivity contribution in [1.29, 1.82) is 0 Å². The summed E-state index contributed by atoms with van der Waals surface area (Å²) in [6.45, 7) is 4.08. The molecule has 0 aliphatic carbocycles. The molecule has 2 aromatic carbocycles. The molecule has 0 unspecified atom stereocenters. The molecule has 0 aliphatic heterocycles. The van der Waals surface area contributed by atoms with Gasteiger partial charge >= 0.3 is 6.15 Å². The van der Waals surface area contributed by atoms with E-state index in [1.807, 2.05) is 19.1 Å². The van der Waals surface area contributed by atoms with Crippen molar-refractivity contribution in [2.24, 2.45) is 0 Å². The Morgan fingerprint density at radius 3 is 2.24 bits per heavy atom. The predicted molar refractivity (Wildman–Crippen MR) is 101 cm³/mol. The lowest BCUT2D eigenvalue weighted by Crippen LogP contribution is -2.16. The van der Waals surface area contributed by atoms with Crippen LogP contribution in [0.5, 0.6) is 0 Å². The molecule has 8 heteroatoms. The first kappa shape index (κ1) is 21.5. The lowest BCUT2D eigenvalue weighted by Gasteiger charge is -2.09. The maximum Gasteiger partial charge on any atom is 0.373 e. The Morgan fingerprint density at radius 1 is 1.07 bits per heavy atom. The fourth-order valence-corrected chi connectivity index (χ4v) is 2.66. The van der Waals surface area contributed by atoms with Crippen LogP contribution in [0, 0.1) is 18.6 Å². The van der Waals surface area contributed by atoms with Gasteiger partial charge in [-0.05, 0) is 36.6 Å². The number of hydrogen-bond acceptors (Lipinski definition) is 5. The summed E-state index contributed by atoms with van der Waals surface area (Å²) in [7, 11) is 0. The number of aromatic nitrogens is 2. The summed E-state index contributed by atoms with van der Waals surface area (Å²) < 4.78 is 27.3. The van der Waals surface area contributed by atoms with E-state index < -0.39 is 23.1 Å². The Balaban J connectivity index is 0.000000941. The Morgan fingerprint density at radius 2 is 1.72 bits per heavy atom. The number of hydrogen-bond donors (Lipinski definition) is 1. The number of nitrogens with one attached hydrogen (secondary N) is 1. The average molecular weight is 397 g/mol. The van der Waals surface area contributed by atoms with E-state index in [4.69, 9.17) is 9.59 Å². The number of rotatable bonds is 4. The smallest absolute Gasteiger partial charge is 0.305 e. The first-order valence-corrected chi connectivity index (χ1v) is 8.57. The Kier molecular flexibility index (Phi) is 7.40. The van der Waals surface area contributed by atoms with E-state index >= 15 is 0 Å². The van der Waals surface area contributed by atoms with E-state index in [-0.39, 0.29) is 12.0 Å². The van der Waals surface area contributed by atoms with Gasteiger partial charge < -0.3 is 5.32 Å². The molecule has 0 saturated heterocycles. The van der Waals surface area contributed by atoms with Gasteiger partial charge in [0.15, 0.2) is 5.82 Å². The molecular formula is C21H17F2N3O3. The zero-order valence-corrected chi connectivity index (χ0v) is 15.7. The van der Waals surface area contributed by atoms with Gasteiger partial charge in [0, 0.05) is 5.56 Å². The zero-order chi connectivity index (χ0) is 21.4. The van der Waals surface area contributed by atoms with Crippen LogP contribution in [0.3, 0.4) is 0 Å². The van der Waals surface area contributed by atoms with E-state index in [2.05, 4.69) is 28.3 Å². The Hall–Kier alpha value is -3.77.